The van der Waals surface area contributed by atoms with Gasteiger partial charge in [-0.1, -0.05) is 29.8 Å². The second-order valence-electron chi connectivity index (χ2n) is 5.30. The molecule has 1 fully saturated rings. The van der Waals surface area contributed by atoms with E-state index in [9.17, 15) is 0 Å². The molecule has 1 unspecified atom stereocenters. The summed E-state index contributed by atoms with van der Waals surface area (Å²) < 4.78 is 0. The predicted octanol–water partition coefficient (Wildman–Crippen LogP) is 3.58. The van der Waals surface area contributed by atoms with Gasteiger partial charge in [-0.25, -0.2) is 0 Å². The molecule has 1 aliphatic carbocycles. The van der Waals surface area contributed by atoms with Crippen molar-refractivity contribution in [2.45, 2.75) is 44.7 Å². The van der Waals surface area contributed by atoms with Crippen LogP contribution in [0.25, 0.3) is 0 Å². The van der Waals surface area contributed by atoms with Gasteiger partial charge in [0.2, 0.25) is 0 Å². The molecule has 94 valence electrons. The Morgan fingerprint density at radius 2 is 2.18 bits per heavy atom. The van der Waals surface area contributed by atoms with E-state index in [1.54, 1.807) is 0 Å². The van der Waals surface area contributed by atoms with Crippen molar-refractivity contribution < 1.29 is 0 Å². The summed E-state index contributed by atoms with van der Waals surface area (Å²) in [5.74, 6) is 2.00. The Morgan fingerprint density at radius 3 is 2.82 bits per heavy atom. The highest BCUT2D eigenvalue weighted by molar-refractivity contribution is 7.98. The molecule has 0 aliphatic heterocycles. The Labute approximate surface area is 109 Å². The number of hydrogen-bond acceptors (Lipinski definition) is 2. The summed E-state index contributed by atoms with van der Waals surface area (Å²) in [6, 6.07) is 10.4. The van der Waals surface area contributed by atoms with Gasteiger partial charge in [0.05, 0.1) is 0 Å². The Kier molecular flexibility index (Phi) is 4.52. The van der Waals surface area contributed by atoms with Gasteiger partial charge in [0.15, 0.2) is 0 Å². The van der Waals surface area contributed by atoms with Crippen LogP contribution in [0.1, 0.15) is 36.8 Å². The van der Waals surface area contributed by atoms with Gasteiger partial charge in [-0.3, -0.25) is 0 Å². The molecule has 0 aromatic heterocycles. The maximum absolute atomic E-state index is 3.71. The topological polar surface area (TPSA) is 12.0 Å². The third-order valence-electron chi connectivity index (χ3n) is 3.59. The van der Waals surface area contributed by atoms with E-state index < -0.39 is 0 Å². The summed E-state index contributed by atoms with van der Waals surface area (Å²) in [6.07, 6.45) is 4.79. The quantitative estimate of drug-likeness (QED) is 0.856. The van der Waals surface area contributed by atoms with Crippen molar-refractivity contribution in [2.75, 3.05) is 12.0 Å². The third kappa shape index (κ3) is 3.49. The number of nitrogens with one attached hydrogen (secondary N) is 1. The maximum atomic E-state index is 3.71. The minimum atomic E-state index is 0.647. The zero-order chi connectivity index (χ0) is 12.3. The van der Waals surface area contributed by atoms with Crippen molar-refractivity contribution in [3.63, 3.8) is 0 Å². The van der Waals surface area contributed by atoms with Crippen LogP contribution in [-0.4, -0.2) is 24.1 Å². The van der Waals surface area contributed by atoms with Gasteiger partial charge in [0.1, 0.15) is 0 Å². The molecule has 1 N–H and O–H groups in total. The molecule has 2 heteroatoms. The van der Waals surface area contributed by atoms with Crippen LogP contribution in [0.15, 0.2) is 24.3 Å². The Balaban J connectivity index is 1.79. The highest BCUT2D eigenvalue weighted by Gasteiger charge is 2.30. The second-order valence-corrected chi connectivity index (χ2v) is 6.21. The first-order chi connectivity index (χ1) is 8.19. The largest absolute Gasteiger partial charge is 0.311 e. The zero-order valence-electron chi connectivity index (χ0n) is 11.1. The minimum Gasteiger partial charge on any atom is -0.311 e. The number of aryl methyl sites for hydroxylation is 1. The molecule has 0 amide bonds. The lowest BCUT2D eigenvalue weighted by Crippen LogP contribution is -2.45. The fraction of sp³-hybridized carbons (Fsp3) is 0.600. The van der Waals surface area contributed by atoms with Crippen LogP contribution >= 0.6 is 11.8 Å². The molecule has 0 bridgehead atoms. The number of rotatable bonds is 5. The second kappa shape index (κ2) is 5.92. The highest BCUT2D eigenvalue weighted by Crippen LogP contribution is 2.37. The smallest absolute Gasteiger partial charge is 0.0132 e. The first-order valence-electron chi connectivity index (χ1n) is 6.50. The van der Waals surface area contributed by atoms with Crippen LogP contribution in [0, 0.1) is 6.92 Å². The van der Waals surface area contributed by atoms with Gasteiger partial charge < -0.3 is 5.32 Å². The molecule has 1 nitrogen and oxygen atoms in total. The van der Waals surface area contributed by atoms with Gasteiger partial charge in [-0.05, 0) is 44.4 Å². The monoisotopic (exact) mass is 249 g/mol. The highest BCUT2D eigenvalue weighted by atomic mass is 32.2. The van der Waals surface area contributed by atoms with Gasteiger partial charge in [-0.15, -0.1) is 0 Å². The fourth-order valence-corrected chi connectivity index (χ4v) is 3.25. The molecule has 1 aromatic carbocycles. The van der Waals surface area contributed by atoms with Crippen LogP contribution in [0.5, 0.6) is 0 Å². The molecular weight excluding hydrogens is 226 g/mol. The molecule has 0 radical (unpaired) electrons. The first kappa shape index (κ1) is 13.0. The Hall–Kier alpha value is -0.470. The Morgan fingerprint density at radius 1 is 1.41 bits per heavy atom. The molecule has 1 aromatic rings. The van der Waals surface area contributed by atoms with Crippen molar-refractivity contribution in [1.29, 1.82) is 0 Å². The van der Waals surface area contributed by atoms with Crippen molar-refractivity contribution in [2.24, 2.45) is 0 Å². The standard InChI is InChI=1S/C15H23NS/c1-11-5-4-6-13(7-11)14-8-15(9-14)16-12(2)10-17-3/h4-7,12,14-16H,8-10H2,1-3H3. The lowest BCUT2D eigenvalue weighted by Gasteiger charge is -2.38. The molecule has 17 heavy (non-hydrogen) atoms. The minimum absolute atomic E-state index is 0.647. The summed E-state index contributed by atoms with van der Waals surface area (Å²) in [4.78, 5) is 0. The van der Waals surface area contributed by atoms with E-state index in [1.165, 1.54) is 29.7 Å². The SMILES string of the molecule is CSCC(C)NC1CC(c2cccc(C)c2)C1. The lowest BCUT2D eigenvalue weighted by molar-refractivity contribution is 0.276. The van der Waals surface area contributed by atoms with E-state index in [-0.39, 0.29) is 0 Å². The summed E-state index contributed by atoms with van der Waals surface area (Å²) in [5, 5.41) is 3.71. The third-order valence-corrected chi connectivity index (χ3v) is 4.42. The number of benzene rings is 1. The molecule has 0 saturated heterocycles. The van der Waals surface area contributed by atoms with Crippen LogP contribution < -0.4 is 5.32 Å². The van der Waals surface area contributed by atoms with E-state index in [1.807, 2.05) is 11.8 Å². The lowest BCUT2D eigenvalue weighted by atomic mass is 9.75. The predicted molar refractivity (Wildman–Crippen MR) is 77.9 cm³/mol. The average Bonchev–Trinajstić information content (AvgIpc) is 2.23. The summed E-state index contributed by atoms with van der Waals surface area (Å²) in [6.45, 7) is 4.47. The van der Waals surface area contributed by atoms with E-state index in [0.29, 0.717) is 6.04 Å². The normalized spacial score (nSPS) is 25.4. The van der Waals surface area contributed by atoms with E-state index in [4.69, 9.17) is 0 Å². The van der Waals surface area contributed by atoms with E-state index in [0.717, 1.165) is 12.0 Å². The van der Waals surface area contributed by atoms with Gasteiger partial charge >= 0.3 is 0 Å². The van der Waals surface area contributed by atoms with Crippen molar-refractivity contribution >= 4 is 11.8 Å². The van der Waals surface area contributed by atoms with Gasteiger partial charge in [0, 0.05) is 17.8 Å². The van der Waals surface area contributed by atoms with Crippen LogP contribution in [0.2, 0.25) is 0 Å². The number of hydrogen-bond donors (Lipinski definition) is 1. The van der Waals surface area contributed by atoms with Crippen molar-refractivity contribution in [3.05, 3.63) is 35.4 Å². The summed E-state index contributed by atoms with van der Waals surface area (Å²) >= 11 is 1.92. The molecule has 1 atom stereocenters. The molecular formula is C15H23NS. The molecule has 2 rings (SSSR count). The van der Waals surface area contributed by atoms with E-state index >= 15 is 0 Å². The average molecular weight is 249 g/mol. The van der Waals surface area contributed by atoms with E-state index in [2.05, 4.69) is 49.7 Å². The summed E-state index contributed by atoms with van der Waals surface area (Å²) in [5.41, 5.74) is 2.91. The van der Waals surface area contributed by atoms with Crippen LogP contribution in [-0.2, 0) is 0 Å². The first-order valence-corrected chi connectivity index (χ1v) is 7.90. The molecule has 1 aliphatic rings. The molecule has 0 heterocycles. The van der Waals surface area contributed by atoms with Crippen LogP contribution in [0.3, 0.4) is 0 Å². The Bertz CT molecular complexity index is 358. The summed E-state index contributed by atoms with van der Waals surface area (Å²) in [7, 11) is 0. The molecule has 0 spiro atoms. The van der Waals surface area contributed by atoms with Gasteiger partial charge in [0.25, 0.3) is 0 Å². The van der Waals surface area contributed by atoms with Crippen molar-refractivity contribution in [1.82, 2.24) is 5.32 Å². The number of thioether (sulfide) groups is 1. The fourth-order valence-electron chi connectivity index (χ4n) is 2.65. The maximum Gasteiger partial charge on any atom is 0.0132 e. The van der Waals surface area contributed by atoms with Crippen molar-refractivity contribution in [3.8, 4) is 0 Å². The van der Waals surface area contributed by atoms with Crippen LogP contribution in [0.4, 0.5) is 0 Å². The molecule has 1 saturated carbocycles. The zero-order valence-corrected chi connectivity index (χ0v) is 11.9. The van der Waals surface area contributed by atoms with Gasteiger partial charge in [-0.2, -0.15) is 11.8 Å².